The highest BCUT2D eigenvalue weighted by Gasteiger charge is 2.14. The molecule has 0 spiro atoms. The Hall–Kier alpha value is -2.47. The van der Waals surface area contributed by atoms with Gasteiger partial charge in [-0.1, -0.05) is 11.6 Å². The Balaban J connectivity index is 2.16. The van der Waals surface area contributed by atoms with Gasteiger partial charge in [-0.25, -0.2) is 18.7 Å². The minimum Gasteiger partial charge on any atom is -0.477 e. The van der Waals surface area contributed by atoms with E-state index >= 15 is 0 Å². The number of nitrogens with zero attached hydrogens (tertiary/aromatic N) is 3. The van der Waals surface area contributed by atoms with Gasteiger partial charge in [-0.15, -0.1) is 0 Å². The summed E-state index contributed by atoms with van der Waals surface area (Å²) in [7, 11) is 0. The van der Waals surface area contributed by atoms with Gasteiger partial charge in [0.2, 0.25) is 0 Å². The quantitative estimate of drug-likeness (QED) is 0.788. The van der Waals surface area contributed by atoms with Crippen LogP contribution in [0.5, 0.6) is 0 Å². The van der Waals surface area contributed by atoms with Crippen molar-refractivity contribution in [2.75, 3.05) is 0 Å². The molecule has 3 rings (SSSR count). The Morgan fingerprint density at radius 1 is 1.35 bits per heavy atom. The fourth-order valence-corrected chi connectivity index (χ4v) is 2.05. The third kappa shape index (κ3) is 2.00. The van der Waals surface area contributed by atoms with E-state index in [9.17, 15) is 9.18 Å². The van der Waals surface area contributed by atoms with Crippen molar-refractivity contribution in [1.29, 1.82) is 0 Å². The average Bonchev–Trinajstić information content (AvgIpc) is 2.81. The van der Waals surface area contributed by atoms with Crippen LogP contribution in [0.1, 0.15) is 10.4 Å². The molecule has 0 saturated carbocycles. The molecule has 1 N–H and O–H groups in total. The molecule has 0 amide bonds. The number of aromatic nitrogens is 3. The fourth-order valence-electron chi connectivity index (χ4n) is 1.89. The Kier molecular flexibility index (Phi) is 2.87. The first-order chi connectivity index (χ1) is 9.56. The van der Waals surface area contributed by atoms with Crippen molar-refractivity contribution >= 4 is 23.2 Å². The zero-order valence-corrected chi connectivity index (χ0v) is 10.7. The minimum atomic E-state index is -1.11. The molecule has 0 bridgehead atoms. The van der Waals surface area contributed by atoms with Crippen molar-refractivity contribution in [3.63, 3.8) is 0 Å². The summed E-state index contributed by atoms with van der Waals surface area (Å²) in [6, 6.07) is 4.30. The highest BCUT2D eigenvalue weighted by Crippen LogP contribution is 2.25. The number of hydrogen-bond donors (Lipinski definition) is 1. The van der Waals surface area contributed by atoms with E-state index in [1.54, 1.807) is 6.07 Å². The summed E-state index contributed by atoms with van der Waals surface area (Å²) < 4.78 is 15.1. The number of hydrogen-bond acceptors (Lipinski definition) is 3. The summed E-state index contributed by atoms with van der Waals surface area (Å²) in [6.45, 7) is 0. The van der Waals surface area contributed by atoms with Crippen molar-refractivity contribution in [3.05, 3.63) is 53.2 Å². The largest absolute Gasteiger partial charge is 0.477 e. The molecule has 5 nitrogen and oxygen atoms in total. The van der Waals surface area contributed by atoms with Crippen LogP contribution in [0.4, 0.5) is 4.39 Å². The molecule has 0 saturated heterocycles. The molecule has 2 heterocycles. The molecular weight excluding hydrogens is 285 g/mol. The van der Waals surface area contributed by atoms with Crippen LogP contribution in [0.3, 0.4) is 0 Å². The summed E-state index contributed by atoms with van der Waals surface area (Å²) in [5.41, 5.74) is 0.992. The molecule has 100 valence electrons. The molecule has 0 atom stereocenters. The van der Waals surface area contributed by atoms with Crippen molar-refractivity contribution in [2.45, 2.75) is 0 Å². The molecule has 3 aromatic rings. The van der Waals surface area contributed by atoms with Gasteiger partial charge < -0.3 is 5.11 Å². The highest BCUT2D eigenvalue weighted by molar-refractivity contribution is 6.30. The van der Waals surface area contributed by atoms with E-state index in [1.807, 2.05) is 0 Å². The van der Waals surface area contributed by atoms with Crippen LogP contribution in [0.2, 0.25) is 5.02 Å². The van der Waals surface area contributed by atoms with E-state index in [0.29, 0.717) is 16.1 Å². The molecule has 0 aliphatic heterocycles. The zero-order valence-electron chi connectivity index (χ0n) is 9.92. The monoisotopic (exact) mass is 291 g/mol. The Morgan fingerprint density at radius 2 is 2.15 bits per heavy atom. The average molecular weight is 292 g/mol. The fraction of sp³-hybridized carbons (Fsp3) is 0. The first-order valence-electron chi connectivity index (χ1n) is 5.58. The first-order valence-corrected chi connectivity index (χ1v) is 5.96. The van der Waals surface area contributed by atoms with Crippen LogP contribution in [0.25, 0.3) is 16.8 Å². The van der Waals surface area contributed by atoms with Crippen LogP contribution in [0.15, 0.2) is 36.8 Å². The predicted molar refractivity (Wildman–Crippen MR) is 70.4 cm³/mol. The van der Waals surface area contributed by atoms with Crippen LogP contribution >= 0.6 is 11.6 Å². The molecule has 20 heavy (non-hydrogen) atoms. The number of rotatable bonds is 2. The molecule has 0 fully saturated rings. The second-order valence-electron chi connectivity index (χ2n) is 4.10. The van der Waals surface area contributed by atoms with E-state index in [1.165, 1.54) is 35.2 Å². The Morgan fingerprint density at radius 3 is 2.85 bits per heavy atom. The van der Waals surface area contributed by atoms with Gasteiger partial charge in [-0.3, -0.25) is 0 Å². The molecule has 0 aliphatic rings. The number of carboxylic acid groups (broad SMARTS) is 1. The molecule has 0 unspecified atom stereocenters. The smallest absolute Gasteiger partial charge is 0.341 e. The van der Waals surface area contributed by atoms with Crippen LogP contribution < -0.4 is 0 Å². The van der Waals surface area contributed by atoms with Gasteiger partial charge in [0, 0.05) is 28.5 Å². The van der Waals surface area contributed by atoms with E-state index in [0.717, 1.165) is 0 Å². The number of halogens is 2. The molecule has 0 aliphatic carbocycles. The van der Waals surface area contributed by atoms with Gasteiger partial charge in [0.25, 0.3) is 0 Å². The van der Waals surface area contributed by atoms with E-state index in [-0.39, 0.29) is 11.2 Å². The molecule has 7 heteroatoms. The van der Waals surface area contributed by atoms with Gasteiger partial charge in [0.05, 0.1) is 6.20 Å². The number of aromatic carboxylic acids is 1. The lowest BCUT2D eigenvalue weighted by atomic mass is 10.1. The first kappa shape index (κ1) is 12.6. The lowest BCUT2D eigenvalue weighted by Crippen LogP contribution is -1.98. The number of fused-ring (bicyclic) bond motifs is 1. The minimum absolute atomic E-state index is 0.00636. The van der Waals surface area contributed by atoms with E-state index < -0.39 is 11.8 Å². The second-order valence-corrected chi connectivity index (χ2v) is 4.53. The SMILES string of the molecule is O=C(O)c1cnn2cc(-c3ccc(Cl)cc3F)cnc12. The summed E-state index contributed by atoms with van der Waals surface area (Å²) in [4.78, 5) is 15.0. The van der Waals surface area contributed by atoms with Gasteiger partial charge in [-0.05, 0) is 18.2 Å². The zero-order chi connectivity index (χ0) is 14.3. The number of carboxylic acids is 1. The lowest BCUT2D eigenvalue weighted by Gasteiger charge is -2.04. The standard InChI is InChI=1S/C13H7ClFN3O2/c14-8-1-2-9(11(15)3-8)7-4-16-12-10(13(19)20)5-17-18(12)6-7/h1-6H,(H,19,20). The van der Waals surface area contributed by atoms with Crippen molar-refractivity contribution < 1.29 is 14.3 Å². The third-order valence-electron chi connectivity index (χ3n) is 2.83. The van der Waals surface area contributed by atoms with Crippen molar-refractivity contribution in [3.8, 4) is 11.1 Å². The van der Waals surface area contributed by atoms with E-state index in [4.69, 9.17) is 16.7 Å². The van der Waals surface area contributed by atoms with Gasteiger partial charge in [0.15, 0.2) is 5.65 Å². The maximum absolute atomic E-state index is 13.8. The topological polar surface area (TPSA) is 67.5 Å². The van der Waals surface area contributed by atoms with Crippen LogP contribution in [-0.4, -0.2) is 25.7 Å². The van der Waals surface area contributed by atoms with Gasteiger partial charge in [0.1, 0.15) is 11.4 Å². The summed E-state index contributed by atoms with van der Waals surface area (Å²) in [5.74, 6) is -1.60. The second kappa shape index (κ2) is 4.57. The molecule has 1 aromatic carbocycles. The summed E-state index contributed by atoms with van der Waals surface area (Å²) in [6.07, 6.45) is 4.11. The van der Waals surface area contributed by atoms with Gasteiger partial charge in [-0.2, -0.15) is 5.10 Å². The maximum Gasteiger partial charge on any atom is 0.341 e. The Bertz CT molecular complexity index is 832. The Labute approximate surface area is 117 Å². The number of benzene rings is 1. The predicted octanol–water partition coefficient (Wildman–Crippen LogP) is 2.89. The number of carbonyl (C=O) groups is 1. The third-order valence-corrected chi connectivity index (χ3v) is 3.06. The summed E-state index contributed by atoms with van der Waals surface area (Å²) in [5, 5.41) is 13.2. The van der Waals surface area contributed by atoms with Crippen molar-refractivity contribution in [1.82, 2.24) is 14.6 Å². The maximum atomic E-state index is 13.8. The van der Waals surface area contributed by atoms with Crippen LogP contribution in [-0.2, 0) is 0 Å². The molecule has 2 aromatic heterocycles. The normalized spacial score (nSPS) is 10.9. The van der Waals surface area contributed by atoms with Gasteiger partial charge >= 0.3 is 5.97 Å². The lowest BCUT2D eigenvalue weighted by molar-refractivity contribution is 0.0698. The van der Waals surface area contributed by atoms with Crippen LogP contribution in [0, 0.1) is 5.82 Å². The summed E-state index contributed by atoms with van der Waals surface area (Å²) >= 11 is 5.70. The molecular formula is C13H7ClFN3O2. The molecule has 0 radical (unpaired) electrons. The van der Waals surface area contributed by atoms with Crippen molar-refractivity contribution in [2.24, 2.45) is 0 Å². The highest BCUT2D eigenvalue weighted by atomic mass is 35.5. The van der Waals surface area contributed by atoms with E-state index in [2.05, 4.69) is 10.1 Å².